The number of nitrogens with two attached hydrogens (primary N) is 2. The van der Waals surface area contributed by atoms with Gasteiger partial charge >= 0.3 is 23.5 Å². The predicted molar refractivity (Wildman–Crippen MR) is 238 cm³/mol. The number of hydrazine groups is 1. The van der Waals surface area contributed by atoms with E-state index in [-0.39, 0.29) is 60.1 Å². The number of ether oxygens (including phenoxy) is 1. The summed E-state index contributed by atoms with van der Waals surface area (Å²) in [6, 6.07) is 4.05. The number of phosphoric ester groups is 3. The molecule has 5 rings (SSSR count). The second kappa shape index (κ2) is 23.4. The van der Waals surface area contributed by atoms with Gasteiger partial charge in [-0.05, 0) is 24.6 Å². The average Bonchev–Trinajstić information content (AvgIpc) is 3.83. The number of anilines is 2. The number of rotatable bonds is 25. The number of carbonyl (C=O) groups excluding carboxylic acids is 4. The Kier molecular flexibility index (Phi) is 18.7. The number of ketones is 1. The van der Waals surface area contributed by atoms with Gasteiger partial charge in [-0.15, -0.1) is 0 Å². The van der Waals surface area contributed by atoms with E-state index in [2.05, 4.69) is 50.3 Å². The molecule has 0 bridgehead atoms. The third-order valence-corrected chi connectivity index (χ3v) is 13.9. The van der Waals surface area contributed by atoms with Gasteiger partial charge in [0, 0.05) is 48.9 Å². The van der Waals surface area contributed by atoms with Crippen molar-refractivity contribution in [3.8, 4) is 0 Å². The molecule has 0 saturated carbocycles. The lowest BCUT2D eigenvalue weighted by atomic mass is 9.87. The molecule has 0 radical (unpaired) electrons. The van der Waals surface area contributed by atoms with Crippen LogP contribution in [0.4, 0.5) is 11.6 Å². The minimum Gasteiger partial charge on any atom is -0.506 e. The summed E-state index contributed by atoms with van der Waals surface area (Å²) in [6.07, 6.45) is -3.27. The number of nitrogen functional groups attached to an aromatic ring is 1. The minimum atomic E-state index is -5.62. The molecule has 1 fully saturated rings. The molecule has 1 aliphatic heterocycles. The Morgan fingerprint density at radius 3 is 2.43 bits per heavy atom. The number of aromatic nitrogens is 5. The number of hydrogen-bond donors (Lipinski definition) is 13. The molecule has 1 aliphatic carbocycles. The van der Waals surface area contributed by atoms with E-state index in [0.717, 1.165) is 35.1 Å². The number of imidazole rings is 1. The van der Waals surface area contributed by atoms with Crippen LogP contribution in [0, 0.1) is 11.3 Å². The first-order valence-corrected chi connectivity index (χ1v) is 25.7. The van der Waals surface area contributed by atoms with Crippen molar-refractivity contribution in [2.45, 2.75) is 63.4 Å². The predicted octanol–water partition coefficient (Wildman–Crippen LogP) is -1.08. The number of aliphatic hydroxyl groups is 3. The van der Waals surface area contributed by atoms with Crippen molar-refractivity contribution in [2.75, 3.05) is 43.2 Å². The quantitative estimate of drug-likeness (QED) is 0.0273. The van der Waals surface area contributed by atoms with Crippen LogP contribution < -0.4 is 33.0 Å². The minimum absolute atomic E-state index is 0.0135. The Balaban J connectivity index is 1.00. The summed E-state index contributed by atoms with van der Waals surface area (Å²) in [5.41, 5.74) is 16.0. The Bertz CT molecular complexity index is 2550. The fraction of sp³-hybridized carbons (Fsp3) is 0.486. The first-order valence-electron chi connectivity index (χ1n) is 20.2. The van der Waals surface area contributed by atoms with Crippen LogP contribution in [0.1, 0.15) is 32.9 Å². The van der Waals surface area contributed by atoms with Crippen LogP contribution in [0.15, 0.2) is 60.7 Å². The van der Waals surface area contributed by atoms with E-state index in [1.165, 1.54) is 19.9 Å². The van der Waals surface area contributed by atoms with Crippen LogP contribution in [-0.4, -0.2) is 145 Å². The molecule has 0 aromatic carbocycles. The maximum atomic E-state index is 12.8. The third-order valence-electron chi connectivity index (χ3n) is 9.84. The van der Waals surface area contributed by atoms with Crippen LogP contribution in [0.2, 0.25) is 0 Å². The first-order chi connectivity index (χ1) is 32.3. The van der Waals surface area contributed by atoms with E-state index in [0.29, 0.717) is 5.82 Å². The number of carbonyl (C=O) groups is 4. The number of fused-ring (bicyclic) bond motifs is 1. The van der Waals surface area contributed by atoms with Gasteiger partial charge < -0.3 is 61.7 Å². The van der Waals surface area contributed by atoms with E-state index in [9.17, 15) is 67.8 Å². The molecule has 9 unspecified atom stereocenters. The van der Waals surface area contributed by atoms with Crippen LogP contribution >= 0.6 is 35.2 Å². The number of amides is 2. The molecule has 2 amide bonds. The molecule has 3 aromatic rings. The number of phosphoric acid groups is 3. The fourth-order valence-corrected chi connectivity index (χ4v) is 9.85. The maximum absolute atomic E-state index is 12.8. The highest BCUT2D eigenvalue weighted by atomic mass is 32.2. The van der Waals surface area contributed by atoms with Gasteiger partial charge in [0.25, 0.3) is 0 Å². The number of allylic oxidation sites excluding steroid dienone is 2. The Morgan fingerprint density at radius 1 is 1.01 bits per heavy atom. The van der Waals surface area contributed by atoms with E-state index < -0.39 is 107 Å². The second-order valence-corrected chi connectivity index (χ2v) is 21.0. The molecular weight excluding hydrogens is 1000 g/mol. The van der Waals surface area contributed by atoms with Crippen molar-refractivity contribution in [3.63, 3.8) is 0 Å². The van der Waals surface area contributed by atoms with Crippen molar-refractivity contribution in [1.82, 2.24) is 40.6 Å². The number of thioether (sulfide) groups is 1. The number of nitrogens with one attached hydrogen (secondary N) is 4. The summed E-state index contributed by atoms with van der Waals surface area (Å²) < 4.78 is 62.4. The highest BCUT2D eigenvalue weighted by Gasteiger charge is 2.50. The van der Waals surface area contributed by atoms with Gasteiger partial charge in [-0.2, -0.15) is 4.31 Å². The highest BCUT2D eigenvalue weighted by Crippen LogP contribution is 2.61. The monoisotopic (exact) mass is 1050 g/mol. The third kappa shape index (κ3) is 15.9. The number of hydrogen-bond acceptors (Lipinski definition) is 24. The molecule has 0 spiro atoms. The number of nitrogens with zero attached hydrogens (tertiary/aromatic N) is 5. The van der Waals surface area contributed by atoms with E-state index in [1.807, 2.05) is 0 Å². The highest BCUT2D eigenvalue weighted by molar-refractivity contribution is 8.13. The normalized spacial score (nSPS) is 22.4. The van der Waals surface area contributed by atoms with Crippen molar-refractivity contribution < 1.29 is 90.4 Å². The SMILES string of the molecule is CC(C)(COP(=O)(O)OP(=O)(O)OCC1OC(n2cnc3c(N)ncnc32)C(O)C1OP(=O)(O)O)C(O)C(=O)NCCC(=O)NCCSC(=O)C(N)CC1C=C(NNc2ccccn2)C(O)=CC1=O. The molecule has 3 aromatic heterocycles. The smallest absolute Gasteiger partial charge is 0.481 e. The number of pyridine rings is 1. The standard InChI is InChI=1S/C35H50N11O19P3S/c1-35(2,15-62-68(59,60)65-67(57,58)61-14-23-28(64-66(54,55)56)27(50)33(63-23)46-17-43-26-30(37)41-16-42-31(26)46)29(51)32(52)40-8-6-25(49)39-9-10-69-34(53)19(36)11-18-12-20(22(48)13-21(18)47)44-45-24-5-3-4-7-38-24/h3-5,7,12-13,16-19,23,27-29,33,44,48,50-51H,6,8-11,14-15,36H2,1-2H3,(H,38,45)(H,39,49)(H,40,52)(H,57,58)(H,59,60)(H2,37,41,42)(H2,54,55,56). The molecular formula is C35H50N11O19P3S. The average molecular weight is 1050 g/mol. The summed E-state index contributed by atoms with van der Waals surface area (Å²) in [6.45, 7) is 0.0791. The Morgan fingerprint density at radius 2 is 1.74 bits per heavy atom. The molecule has 9 atom stereocenters. The Hall–Kier alpha value is -4.78. The fourth-order valence-electron chi connectivity index (χ4n) is 6.30. The van der Waals surface area contributed by atoms with Crippen molar-refractivity contribution in [3.05, 3.63) is 60.7 Å². The van der Waals surface area contributed by atoms with Crippen molar-refractivity contribution >= 4 is 80.7 Å². The second-order valence-electron chi connectivity index (χ2n) is 15.7. The summed E-state index contributed by atoms with van der Waals surface area (Å²) in [4.78, 5) is 106. The summed E-state index contributed by atoms with van der Waals surface area (Å²) in [5, 5.41) is 36.2. The van der Waals surface area contributed by atoms with E-state index >= 15 is 0 Å². The van der Waals surface area contributed by atoms with Crippen molar-refractivity contribution in [1.29, 1.82) is 0 Å². The molecule has 69 heavy (non-hydrogen) atoms. The van der Waals surface area contributed by atoms with E-state index in [4.69, 9.17) is 25.3 Å². The molecule has 30 nitrogen and oxygen atoms in total. The molecule has 4 heterocycles. The van der Waals surface area contributed by atoms with Gasteiger partial charge in [-0.25, -0.2) is 33.6 Å². The maximum Gasteiger partial charge on any atom is 0.481 e. The summed E-state index contributed by atoms with van der Waals surface area (Å²) in [5.74, 6) is -2.68. The van der Waals surface area contributed by atoms with Crippen LogP contribution in [-0.2, 0) is 55.5 Å². The molecule has 2 aliphatic rings. The van der Waals surface area contributed by atoms with Crippen LogP contribution in [0.3, 0.4) is 0 Å². The largest absolute Gasteiger partial charge is 0.506 e. The molecule has 380 valence electrons. The topological polar surface area (TPSA) is 464 Å². The Labute approximate surface area is 395 Å². The van der Waals surface area contributed by atoms with Gasteiger partial charge in [0.2, 0.25) is 16.9 Å². The zero-order valence-corrected chi connectivity index (χ0v) is 39.8. The summed E-state index contributed by atoms with van der Waals surface area (Å²) in [7, 11) is -16.5. The lowest BCUT2D eigenvalue weighted by Crippen LogP contribution is -2.46. The van der Waals surface area contributed by atoms with Gasteiger partial charge in [-0.1, -0.05) is 31.7 Å². The first kappa shape index (κ1) is 55.2. The van der Waals surface area contributed by atoms with Gasteiger partial charge in [-0.3, -0.25) is 48.2 Å². The molecule has 1 saturated heterocycles. The zero-order chi connectivity index (χ0) is 50.9. The van der Waals surface area contributed by atoms with Crippen molar-refractivity contribution in [2.24, 2.45) is 17.1 Å². The van der Waals surface area contributed by atoms with Gasteiger partial charge in [0.1, 0.15) is 47.8 Å². The van der Waals surface area contributed by atoms with E-state index in [1.54, 1.807) is 24.4 Å². The number of aliphatic hydroxyl groups excluding tert-OH is 3. The molecule has 15 N–H and O–H groups in total. The van der Waals surface area contributed by atoms with Gasteiger partial charge in [0.05, 0.1) is 31.3 Å². The zero-order valence-electron chi connectivity index (χ0n) is 36.3. The lowest BCUT2D eigenvalue weighted by molar-refractivity contribution is -0.137. The van der Waals surface area contributed by atoms with Crippen LogP contribution in [0.25, 0.3) is 11.2 Å². The molecule has 34 heteroatoms. The lowest BCUT2D eigenvalue weighted by Gasteiger charge is -2.30. The van der Waals surface area contributed by atoms with Gasteiger partial charge in [0.15, 0.2) is 23.5 Å². The summed E-state index contributed by atoms with van der Waals surface area (Å²) >= 11 is 0.819. The van der Waals surface area contributed by atoms with Crippen LogP contribution in [0.5, 0.6) is 0 Å².